The molecule has 0 bridgehead atoms. The fourth-order valence-electron chi connectivity index (χ4n) is 6.28. The normalized spacial score (nSPS) is 15.8. The largest absolute Gasteiger partial charge is 0.103 e. The van der Waals surface area contributed by atoms with Crippen LogP contribution in [0.2, 0.25) is 0 Å². The SMILES string of the molecule is C=CCC1(CC=C)c2c[c]ccc2-c2cc3c(cc21)-c1cc[c]cc1C3(CC=C)CC=C. The van der Waals surface area contributed by atoms with Gasteiger partial charge in [-0.15, -0.1) is 26.3 Å². The Kier molecular flexibility index (Phi) is 4.90. The molecule has 0 saturated carbocycles. The highest BCUT2D eigenvalue weighted by atomic mass is 14.5. The topological polar surface area (TPSA) is 0 Å². The van der Waals surface area contributed by atoms with Gasteiger partial charge in [0, 0.05) is 10.8 Å². The van der Waals surface area contributed by atoms with Gasteiger partial charge in [0.2, 0.25) is 0 Å². The molecule has 5 rings (SSSR count). The van der Waals surface area contributed by atoms with Crippen molar-refractivity contribution in [3.05, 3.63) is 134 Å². The van der Waals surface area contributed by atoms with E-state index in [1.807, 2.05) is 36.4 Å². The van der Waals surface area contributed by atoms with Gasteiger partial charge in [-0.25, -0.2) is 0 Å². The van der Waals surface area contributed by atoms with Gasteiger partial charge >= 0.3 is 0 Å². The molecule has 0 spiro atoms. The van der Waals surface area contributed by atoms with E-state index in [-0.39, 0.29) is 10.8 Å². The Morgan fingerprint density at radius 1 is 0.562 bits per heavy atom. The van der Waals surface area contributed by atoms with Crippen LogP contribution in [0.4, 0.5) is 0 Å². The Labute approximate surface area is 192 Å². The first-order valence-electron chi connectivity index (χ1n) is 11.3. The molecule has 0 amide bonds. The van der Waals surface area contributed by atoms with E-state index < -0.39 is 0 Å². The second-order valence-electron chi connectivity index (χ2n) is 9.02. The van der Waals surface area contributed by atoms with Gasteiger partial charge in [-0.05, 0) is 107 Å². The number of benzene rings is 3. The van der Waals surface area contributed by atoms with Crippen LogP contribution in [0.15, 0.2) is 99.2 Å². The van der Waals surface area contributed by atoms with Crippen molar-refractivity contribution in [2.24, 2.45) is 0 Å². The van der Waals surface area contributed by atoms with Gasteiger partial charge in [-0.3, -0.25) is 0 Å². The Balaban J connectivity index is 1.88. The average molecular weight is 413 g/mol. The van der Waals surface area contributed by atoms with Crippen LogP contribution < -0.4 is 0 Å². The second kappa shape index (κ2) is 7.64. The van der Waals surface area contributed by atoms with Gasteiger partial charge in [0.1, 0.15) is 0 Å². The van der Waals surface area contributed by atoms with Crippen molar-refractivity contribution in [3.63, 3.8) is 0 Å². The third-order valence-electron chi connectivity index (χ3n) is 7.50. The van der Waals surface area contributed by atoms with E-state index >= 15 is 0 Å². The molecule has 2 radical (unpaired) electrons. The monoisotopic (exact) mass is 412 g/mol. The molecule has 156 valence electrons. The first-order valence-corrected chi connectivity index (χ1v) is 11.3. The molecule has 0 nitrogen and oxygen atoms in total. The van der Waals surface area contributed by atoms with Crippen molar-refractivity contribution >= 4 is 0 Å². The summed E-state index contributed by atoms with van der Waals surface area (Å²) < 4.78 is 0. The molecule has 0 fully saturated rings. The van der Waals surface area contributed by atoms with Crippen molar-refractivity contribution in [3.8, 4) is 22.3 Å². The number of hydrogen-bond donors (Lipinski definition) is 0. The number of fused-ring (bicyclic) bond motifs is 6. The van der Waals surface area contributed by atoms with Crippen LogP contribution in [0, 0.1) is 12.1 Å². The molecule has 2 aliphatic carbocycles. The quantitative estimate of drug-likeness (QED) is 0.328. The lowest BCUT2D eigenvalue weighted by atomic mass is 9.70. The van der Waals surface area contributed by atoms with Gasteiger partial charge in [-0.1, -0.05) is 48.6 Å². The van der Waals surface area contributed by atoms with Crippen molar-refractivity contribution in [2.75, 3.05) is 0 Å². The zero-order chi connectivity index (χ0) is 22.3. The molecule has 0 unspecified atom stereocenters. The smallest absolute Gasteiger partial charge is 0.0284 e. The Hall–Kier alpha value is -3.38. The van der Waals surface area contributed by atoms with Crippen LogP contribution in [-0.4, -0.2) is 0 Å². The highest BCUT2D eigenvalue weighted by Gasteiger charge is 2.46. The van der Waals surface area contributed by atoms with Crippen molar-refractivity contribution in [1.29, 1.82) is 0 Å². The van der Waals surface area contributed by atoms with Crippen molar-refractivity contribution in [2.45, 2.75) is 36.5 Å². The van der Waals surface area contributed by atoms with Crippen LogP contribution in [0.25, 0.3) is 22.3 Å². The van der Waals surface area contributed by atoms with E-state index in [2.05, 4.69) is 74.8 Å². The molecule has 0 atom stereocenters. The average Bonchev–Trinajstić information content (AvgIpc) is 3.23. The number of allylic oxidation sites excluding steroid dienone is 4. The molecular weight excluding hydrogens is 384 g/mol. The van der Waals surface area contributed by atoms with E-state index in [1.165, 1.54) is 44.5 Å². The fraction of sp³-hybridized carbons (Fsp3) is 0.188. The maximum atomic E-state index is 4.11. The predicted octanol–water partition coefficient (Wildman–Crippen LogP) is 8.12. The first-order chi connectivity index (χ1) is 15.7. The third-order valence-corrected chi connectivity index (χ3v) is 7.50. The van der Waals surface area contributed by atoms with Gasteiger partial charge in [0.05, 0.1) is 0 Å². The van der Waals surface area contributed by atoms with Crippen LogP contribution in [0.5, 0.6) is 0 Å². The summed E-state index contributed by atoms with van der Waals surface area (Å²) >= 11 is 0. The van der Waals surface area contributed by atoms with Gasteiger partial charge in [0.25, 0.3) is 0 Å². The molecule has 0 heterocycles. The molecule has 0 aliphatic heterocycles. The predicted molar refractivity (Wildman–Crippen MR) is 136 cm³/mol. The summed E-state index contributed by atoms with van der Waals surface area (Å²) in [6.07, 6.45) is 11.7. The molecule has 0 aromatic heterocycles. The zero-order valence-electron chi connectivity index (χ0n) is 18.6. The lowest BCUT2D eigenvalue weighted by molar-refractivity contribution is 0.537. The summed E-state index contributed by atoms with van der Waals surface area (Å²) in [6.45, 7) is 16.4. The van der Waals surface area contributed by atoms with E-state index in [1.54, 1.807) is 0 Å². The Morgan fingerprint density at radius 3 is 1.28 bits per heavy atom. The van der Waals surface area contributed by atoms with Gasteiger partial charge in [0.15, 0.2) is 0 Å². The molecule has 3 aromatic rings. The highest BCUT2D eigenvalue weighted by Crippen LogP contribution is 2.59. The molecule has 2 aliphatic rings. The van der Waals surface area contributed by atoms with Crippen molar-refractivity contribution in [1.82, 2.24) is 0 Å². The summed E-state index contributed by atoms with van der Waals surface area (Å²) in [6, 6.07) is 24.4. The minimum Gasteiger partial charge on any atom is -0.103 e. The maximum Gasteiger partial charge on any atom is 0.0284 e. The second-order valence-corrected chi connectivity index (χ2v) is 9.02. The molecule has 0 heteroatoms. The van der Waals surface area contributed by atoms with Crippen LogP contribution in [-0.2, 0) is 10.8 Å². The number of rotatable bonds is 8. The molecular formula is C32H28. The van der Waals surface area contributed by atoms with Crippen LogP contribution in [0.1, 0.15) is 47.9 Å². The Bertz CT molecular complexity index is 1130. The minimum absolute atomic E-state index is 0.149. The van der Waals surface area contributed by atoms with E-state index in [0.717, 1.165) is 25.7 Å². The summed E-state index contributed by atoms with van der Waals surface area (Å²) in [5.74, 6) is 0. The summed E-state index contributed by atoms with van der Waals surface area (Å²) in [5.41, 5.74) is 10.4. The van der Waals surface area contributed by atoms with Gasteiger partial charge in [-0.2, -0.15) is 0 Å². The summed E-state index contributed by atoms with van der Waals surface area (Å²) in [7, 11) is 0. The van der Waals surface area contributed by atoms with E-state index in [4.69, 9.17) is 0 Å². The Morgan fingerprint density at radius 2 is 0.938 bits per heavy atom. The summed E-state index contributed by atoms with van der Waals surface area (Å²) in [5, 5.41) is 0. The molecule has 3 aromatic carbocycles. The highest BCUT2D eigenvalue weighted by molar-refractivity contribution is 5.90. The number of hydrogen-bond acceptors (Lipinski definition) is 0. The standard InChI is InChI=1S/C32H28/c1-5-17-31(18-6-2)27-15-11-9-13-23(27)25-22-30-26(21-29(25)31)24-14-10-12-16-28(24)32(30,19-7-3)20-8-4/h5-10,13-16,21-22H,1-4,17-20H2. The fourth-order valence-corrected chi connectivity index (χ4v) is 6.28. The van der Waals surface area contributed by atoms with Crippen LogP contribution in [0.3, 0.4) is 0 Å². The van der Waals surface area contributed by atoms with Gasteiger partial charge < -0.3 is 0 Å². The molecule has 32 heavy (non-hydrogen) atoms. The third kappa shape index (κ3) is 2.56. The zero-order valence-corrected chi connectivity index (χ0v) is 18.6. The summed E-state index contributed by atoms with van der Waals surface area (Å²) in [4.78, 5) is 0. The minimum atomic E-state index is -0.149. The molecule has 0 saturated heterocycles. The first kappa shape index (κ1) is 20.5. The van der Waals surface area contributed by atoms with Crippen LogP contribution >= 0.6 is 0 Å². The lowest BCUT2D eigenvalue weighted by Crippen LogP contribution is -2.25. The maximum absolute atomic E-state index is 4.11. The lowest BCUT2D eigenvalue weighted by Gasteiger charge is -2.32. The van der Waals surface area contributed by atoms with Crippen molar-refractivity contribution < 1.29 is 0 Å². The van der Waals surface area contributed by atoms with E-state index in [9.17, 15) is 0 Å². The van der Waals surface area contributed by atoms with E-state index in [0.29, 0.717) is 0 Å². The molecule has 0 N–H and O–H groups in total.